The number of likely N-dealkylation sites (tertiary alicyclic amines) is 1. The molecule has 1 aromatic heterocycles. The molecule has 1 aromatic carbocycles. The highest BCUT2D eigenvalue weighted by atomic mass is 32.1. The van der Waals surface area contributed by atoms with E-state index in [-0.39, 0.29) is 12.7 Å². The molecule has 0 aliphatic carbocycles. The fourth-order valence-electron chi connectivity index (χ4n) is 2.86. The van der Waals surface area contributed by atoms with Crippen molar-refractivity contribution in [2.45, 2.75) is 38.4 Å². The molecule has 1 aliphatic rings. The smallest absolute Gasteiger partial charge is 0.410 e. The molecule has 5 nitrogen and oxygen atoms in total. The summed E-state index contributed by atoms with van der Waals surface area (Å²) < 4.78 is 5.35. The van der Waals surface area contributed by atoms with E-state index in [0.717, 1.165) is 16.3 Å². The van der Waals surface area contributed by atoms with E-state index >= 15 is 0 Å². The quantitative estimate of drug-likeness (QED) is 0.924. The molecule has 1 amide bonds. The second kappa shape index (κ2) is 7.32. The largest absolute Gasteiger partial charge is 0.445 e. The first-order valence-corrected chi connectivity index (χ1v) is 9.01. The van der Waals surface area contributed by atoms with E-state index in [0.29, 0.717) is 32.4 Å². The fraction of sp³-hybridized carbons (Fsp3) is 0.444. The summed E-state index contributed by atoms with van der Waals surface area (Å²) in [6.45, 7) is 3.25. The maximum atomic E-state index is 12.2. The molecule has 0 radical (unpaired) electrons. The van der Waals surface area contributed by atoms with Gasteiger partial charge in [0.2, 0.25) is 0 Å². The highest BCUT2D eigenvalue weighted by Gasteiger charge is 2.35. The summed E-state index contributed by atoms with van der Waals surface area (Å²) in [5, 5.41) is 13.7. The summed E-state index contributed by atoms with van der Waals surface area (Å²) in [6, 6.07) is 9.63. The number of carbonyl (C=O) groups is 1. The van der Waals surface area contributed by atoms with Gasteiger partial charge in [0.05, 0.1) is 10.6 Å². The number of nitrogens with zero attached hydrogens (tertiary/aromatic N) is 2. The number of aryl methyl sites for hydroxylation is 1. The minimum atomic E-state index is -0.777. The van der Waals surface area contributed by atoms with Gasteiger partial charge in [-0.25, -0.2) is 9.78 Å². The van der Waals surface area contributed by atoms with Crippen molar-refractivity contribution in [1.82, 2.24) is 9.88 Å². The van der Waals surface area contributed by atoms with E-state index < -0.39 is 5.60 Å². The summed E-state index contributed by atoms with van der Waals surface area (Å²) in [7, 11) is 0. The van der Waals surface area contributed by atoms with Crippen LogP contribution in [-0.2, 0) is 17.8 Å². The maximum absolute atomic E-state index is 12.2. The Bertz CT molecular complexity index is 679. The SMILES string of the molecule is Cc1csc(CC2(O)CCN(C(=O)OCc3ccccc3)CC2)n1. The second-order valence-corrected chi connectivity index (χ2v) is 7.25. The average molecular weight is 346 g/mol. The molecule has 0 unspecified atom stereocenters. The number of amides is 1. The van der Waals surface area contributed by atoms with Gasteiger partial charge in [0.15, 0.2) is 0 Å². The Balaban J connectivity index is 1.48. The molecule has 1 fully saturated rings. The molecule has 1 N–H and O–H groups in total. The monoisotopic (exact) mass is 346 g/mol. The van der Waals surface area contributed by atoms with Crippen molar-refractivity contribution in [3.8, 4) is 0 Å². The van der Waals surface area contributed by atoms with E-state index in [1.54, 1.807) is 16.2 Å². The van der Waals surface area contributed by atoms with Crippen LogP contribution in [0.2, 0.25) is 0 Å². The normalized spacial score (nSPS) is 16.8. The lowest BCUT2D eigenvalue weighted by atomic mass is 9.88. The van der Waals surface area contributed by atoms with Crippen molar-refractivity contribution < 1.29 is 14.6 Å². The molecule has 1 saturated heterocycles. The zero-order valence-electron chi connectivity index (χ0n) is 13.8. The number of aliphatic hydroxyl groups is 1. The first-order valence-electron chi connectivity index (χ1n) is 8.13. The predicted octanol–water partition coefficient (Wildman–Crippen LogP) is 3.16. The van der Waals surface area contributed by atoms with Gasteiger partial charge in [0.25, 0.3) is 0 Å². The molecule has 6 heteroatoms. The Morgan fingerprint density at radius 2 is 2.04 bits per heavy atom. The van der Waals surface area contributed by atoms with Crippen LogP contribution in [0.1, 0.15) is 29.1 Å². The van der Waals surface area contributed by atoms with Gasteiger partial charge < -0.3 is 14.7 Å². The predicted molar refractivity (Wildman–Crippen MR) is 92.9 cm³/mol. The van der Waals surface area contributed by atoms with E-state index in [1.807, 2.05) is 42.6 Å². The number of carbonyl (C=O) groups excluding carboxylic acids is 1. The van der Waals surface area contributed by atoms with Gasteiger partial charge in [-0.2, -0.15) is 0 Å². The number of rotatable bonds is 4. The standard InChI is InChI=1S/C18H22N2O3S/c1-14-13-24-16(19-14)11-18(22)7-9-20(10-8-18)17(21)23-12-15-5-3-2-4-6-15/h2-6,13,22H,7-12H2,1H3. The highest BCUT2D eigenvalue weighted by Crippen LogP contribution is 2.28. The number of hydrogen-bond acceptors (Lipinski definition) is 5. The Morgan fingerprint density at radius 3 is 2.67 bits per heavy atom. The summed E-state index contributed by atoms with van der Waals surface area (Å²) in [5.41, 5.74) is 1.18. The van der Waals surface area contributed by atoms with Crippen LogP contribution in [0.25, 0.3) is 0 Å². The van der Waals surface area contributed by atoms with Crippen molar-refractivity contribution in [3.63, 3.8) is 0 Å². The average Bonchev–Trinajstić information content (AvgIpc) is 2.98. The first kappa shape index (κ1) is 16.9. The Kier molecular flexibility index (Phi) is 5.16. The van der Waals surface area contributed by atoms with Gasteiger partial charge in [-0.05, 0) is 25.3 Å². The van der Waals surface area contributed by atoms with E-state index in [4.69, 9.17) is 4.74 Å². The first-order chi connectivity index (χ1) is 11.5. The molecular formula is C18H22N2O3S. The minimum Gasteiger partial charge on any atom is -0.445 e. The molecule has 3 rings (SSSR count). The van der Waals surface area contributed by atoms with Crippen LogP contribution < -0.4 is 0 Å². The number of benzene rings is 1. The summed E-state index contributed by atoms with van der Waals surface area (Å²) >= 11 is 1.58. The number of piperidine rings is 1. The summed E-state index contributed by atoms with van der Waals surface area (Å²) in [4.78, 5) is 18.2. The van der Waals surface area contributed by atoms with Crippen LogP contribution in [0.15, 0.2) is 35.7 Å². The Labute approximate surface area is 145 Å². The number of ether oxygens (including phenoxy) is 1. The molecule has 0 bridgehead atoms. The lowest BCUT2D eigenvalue weighted by Gasteiger charge is -2.37. The third-order valence-corrected chi connectivity index (χ3v) is 5.27. The number of aromatic nitrogens is 1. The van der Waals surface area contributed by atoms with Crippen LogP contribution in [0, 0.1) is 6.92 Å². The molecule has 128 valence electrons. The van der Waals surface area contributed by atoms with Gasteiger partial charge in [-0.15, -0.1) is 11.3 Å². The van der Waals surface area contributed by atoms with Crippen molar-refractivity contribution in [2.24, 2.45) is 0 Å². The molecule has 0 atom stereocenters. The molecule has 0 saturated carbocycles. The van der Waals surface area contributed by atoms with Crippen LogP contribution >= 0.6 is 11.3 Å². The zero-order valence-corrected chi connectivity index (χ0v) is 14.6. The van der Waals surface area contributed by atoms with Gasteiger partial charge in [-0.1, -0.05) is 30.3 Å². The van der Waals surface area contributed by atoms with Crippen molar-refractivity contribution in [2.75, 3.05) is 13.1 Å². The fourth-order valence-corrected chi connectivity index (χ4v) is 3.77. The Morgan fingerprint density at radius 1 is 1.33 bits per heavy atom. The third kappa shape index (κ3) is 4.33. The maximum Gasteiger partial charge on any atom is 0.410 e. The topological polar surface area (TPSA) is 62.7 Å². The number of hydrogen-bond donors (Lipinski definition) is 1. The number of thiazole rings is 1. The molecule has 24 heavy (non-hydrogen) atoms. The zero-order chi connectivity index (χ0) is 17.0. The molecular weight excluding hydrogens is 324 g/mol. The Hall–Kier alpha value is -1.92. The summed E-state index contributed by atoms with van der Waals surface area (Å²) in [5.74, 6) is 0. The van der Waals surface area contributed by atoms with Crippen LogP contribution in [0.5, 0.6) is 0 Å². The van der Waals surface area contributed by atoms with Crippen LogP contribution in [0.4, 0.5) is 4.79 Å². The van der Waals surface area contributed by atoms with E-state index in [2.05, 4.69) is 4.98 Å². The highest BCUT2D eigenvalue weighted by molar-refractivity contribution is 7.09. The minimum absolute atomic E-state index is 0.277. The summed E-state index contributed by atoms with van der Waals surface area (Å²) in [6.07, 6.45) is 1.34. The van der Waals surface area contributed by atoms with Gasteiger partial charge >= 0.3 is 6.09 Å². The molecule has 1 aliphatic heterocycles. The lowest BCUT2D eigenvalue weighted by molar-refractivity contribution is -0.0206. The molecule has 0 spiro atoms. The van der Waals surface area contributed by atoms with Crippen molar-refractivity contribution in [3.05, 3.63) is 52.0 Å². The van der Waals surface area contributed by atoms with E-state index in [9.17, 15) is 9.90 Å². The van der Waals surface area contributed by atoms with Gasteiger partial charge in [0.1, 0.15) is 6.61 Å². The van der Waals surface area contributed by atoms with Gasteiger partial charge in [0, 0.05) is 30.6 Å². The lowest BCUT2D eigenvalue weighted by Crippen LogP contribution is -2.47. The van der Waals surface area contributed by atoms with Crippen molar-refractivity contribution >= 4 is 17.4 Å². The second-order valence-electron chi connectivity index (χ2n) is 6.31. The van der Waals surface area contributed by atoms with Crippen LogP contribution in [0.3, 0.4) is 0 Å². The third-order valence-electron chi connectivity index (χ3n) is 4.30. The van der Waals surface area contributed by atoms with Gasteiger partial charge in [-0.3, -0.25) is 0 Å². The van der Waals surface area contributed by atoms with Crippen molar-refractivity contribution in [1.29, 1.82) is 0 Å². The molecule has 2 heterocycles. The van der Waals surface area contributed by atoms with E-state index in [1.165, 1.54) is 0 Å². The van der Waals surface area contributed by atoms with Crippen LogP contribution in [-0.4, -0.2) is 39.8 Å². The molecule has 2 aromatic rings.